The third-order valence-corrected chi connectivity index (χ3v) is 17.9. The van der Waals surface area contributed by atoms with Crippen LogP contribution in [0.2, 0.25) is 0 Å². The van der Waals surface area contributed by atoms with E-state index in [-0.39, 0.29) is 0 Å². The van der Waals surface area contributed by atoms with Gasteiger partial charge in [-0.05, 0) is 0 Å². The molecule has 98 heavy (non-hydrogen) atoms. The predicted octanol–water partition coefficient (Wildman–Crippen LogP) is -17.1. The molecule has 0 aromatic carbocycles. The van der Waals surface area contributed by atoms with E-state index in [0.29, 0.717) is 0 Å². The first kappa shape index (κ1) is 83.4. The fraction of sp³-hybridized carbons (Fsp3) is 1.00. The van der Waals surface area contributed by atoms with E-state index in [0.717, 1.165) is 0 Å². The average molecular weight is 1550 g/mol. The maximum atomic E-state index is 13.0. The predicted molar refractivity (Wildman–Crippen MR) is 284 cm³/mol. The molecule has 576 valence electrons. The van der Waals surface area contributed by atoms with Crippen molar-refractivity contribution in [3.63, 3.8) is 0 Å². The quantitative estimate of drug-likeness (QED) is 0.0309. The smallest absolute Gasteiger partial charge is 0.394 e. The van der Waals surface area contributed by atoms with Crippen LogP contribution >= 0.6 is 0 Å². The van der Waals surface area contributed by atoms with E-state index in [1.54, 1.807) is 0 Å². The average Bonchev–Trinajstić information content (AvgIpc) is 0.762. The van der Waals surface area contributed by atoms with Crippen molar-refractivity contribution in [2.75, 3.05) is 46.2 Å². The topological polar surface area (TPSA) is 802 Å². The lowest BCUT2D eigenvalue weighted by Gasteiger charge is -2.51. The van der Waals surface area contributed by atoms with E-state index in [9.17, 15) is 157 Å². The van der Waals surface area contributed by atoms with Crippen molar-refractivity contribution in [2.45, 2.75) is 215 Å². The molecule has 0 amide bonds. The van der Waals surface area contributed by atoms with Crippen LogP contribution in [0.5, 0.6) is 0 Å². The van der Waals surface area contributed by atoms with Crippen molar-refractivity contribution >= 4 is 52.0 Å². The Morgan fingerprint density at radius 3 is 0.837 bits per heavy atom. The third kappa shape index (κ3) is 20.2. The van der Waals surface area contributed by atoms with Crippen molar-refractivity contribution in [1.82, 2.24) is 0 Å². The molecule has 0 spiro atoms. The van der Waals surface area contributed by atoms with Crippen LogP contribution in [0, 0.1) is 0 Å². The second-order valence-electron chi connectivity index (χ2n) is 22.1. The van der Waals surface area contributed by atoms with E-state index in [1.165, 1.54) is 0 Å². The van der Waals surface area contributed by atoms with Gasteiger partial charge in [0.1, 0.15) is 171 Å². The summed E-state index contributed by atoms with van der Waals surface area (Å²) in [5.74, 6) is 0. The standard InChI is InChI=1S/C42H72O51S5/c43-1-8-15(50)17(52)19(54)37(77-8)88-35-34(93-98(73,74)75)29(14(7-49)82-42(35)87-28-13(6-48)81-40(24(59)33(28)92-97(70,71)72)85-26-11(4-46)76-36(60)21(56)31(26)90-95(64,65)66)86-41-23(58)32(91-96(67,68)69)27(12(5-47)80-41)84-38-20(55)18(53)25(10(3-45)79-38)83-39-22(57)30(89-94(61,62)63)16(51)9(2-44)78-39/h8-60H,1-7H2,(H,61,62,63)(H,64,65,66)(H,67,68,69)(H,70,71,72)(H,73,74,75)/t8-,9-,10-,11-,12-,13-,14-,15+,16+,17+,18-,19-,20-,21-,22-,23-,24-,25+,26+,27+,28+,29+,30+,31-,32-,33-,34+,35-,36?,37-,38-,39-,40-,41-,42-/m0/s1. The Morgan fingerprint density at radius 2 is 0.459 bits per heavy atom. The van der Waals surface area contributed by atoms with Gasteiger partial charge in [-0.15, -0.1) is 0 Å². The molecule has 0 bridgehead atoms. The Balaban J connectivity index is 1.23. The Kier molecular flexibility index (Phi) is 28.7. The maximum Gasteiger partial charge on any atom is 0.397 e. The van der Waals surface area contributed by atoms with E-state index in [4.69, 9.17) is 65.8 Å². The molecule has 0 aliphatic carbocycles. The fourth-order valence-corrected chi connectivity index (χ4v) is 13.7. The first-order valence-electron chi connectivity index (χ1n) is 28.0. The van der Waals surface area contributed by atoms with Crippen molar-refractivity contribution in [3.8, 4) is 0 Å². The van der Waals surface area contributed by atoms with E-state index < -0.39 is 313 Å². The first-order valence-corrected chi connectivity index (χ1v) is 34.8. The van der Waals surface area contributed by atoms with Gasteiger partial charge >= 0.3 is 52.0 Å². The zero-order valence-corrected chi connectivity index (χ0v) is 53.0. The van der Waals surface area contributed by atoms with Gasteiger partial charge in [0, 0.05) is 0 Å². The second kappa shape index (κ2) is 33.7. The maximum absolute atomic E-state index is 13.0. The number of rotatable bonds is 29. The number of aliphatic hydroxyl groups is 18. The lowest BCUT2D eigenvalue weighted by atomic mass is 9.94. The van der Waals surface area contributed by atoms with Crippen LogP contribution in [0.25, 0.3) is 0 Å². The molecule has 0 saturated carbocycles. The van der Waals surface area contributed by atoms with Gasteiger partial charge in [0.05, 0.1) is 46.2 Å². The number of hydrogen-bond acceptors (Lipinski definition) is 46. The fourth-order valence-electron chi connectivity index (χ4n) is 11.2. The number of aliphatic hydroxyl groups excluding tert-OH is 18. The number of hydrogen-bond donors (Lipinski definition) is 23. The van der Waals surface area contributed by atoms with Crippen LogP contribution in [0.1, 0.15) is 0 Å². The molecule has 51 nitrogen and oxygen atoms in total. The lowest BCUT2D eigenvalue weighted by molar-refractivity contribution is -0.406. The zero-order chi connectivity index (χ0) is 73.4. The summed E-state index contributed by atoms with van der Waals surface area (Å²) in [4.78, 5) is 0. The van der Waals surface area contributed by atoms with Crippen molar-refractivity contribution in [3.05, 3.63) is 0 Å². The van der Waals surface area contributed by atoms with Gasteiger partial charge in [-0.25, -0.2) is 20.9 Å². The molecule has 0 aromatic heterocycles. The Labute approximate surface area is 550 Å². The summed E-state index contributed by atoms with van der Waals surface area (Å²) in [5, 5.41) is 193. The van der Waals surface area contributed by atoms with Gasteiger partial charge in [0.2, 0.25) is 0 Å². The summed E-state index contributed by atoms with van der Waals surface area (Å²) in [6.07, 6.45) is -88.4. The van der Waals surface area contributed by atoms with Gasteiger partial charge in [-0.1, -0.05) is 0 Å². The SMILES string of the molecule is O=S(=O)(O)O[C@H]1[C@H](O)[C@H](O[C@H]2[C@@H](O)[C@H](O)[C@H](O[C@H]3[C@@H](OS(=O)(=O)O)[C@H](O)[C@H](O[C@H]4[C@@H](OS(=O)(=O)O)[C@H](O[C@@H]5O[C@@H](CO)[C@@H](O)[C@@H](O)[C@@H]5O)[C@H](O[C@H]5[C@@H](OS(=O)(=O)O)[C@H](O)[C@H](O[C@H]6[C@@H](OS(=O)(=O)O)[C@H](O)C(O)O[C@H]6CO)O[C@H]5CO)O[C@H]4CO)O[C@H]3CO)O[C@H]2CO)O[C@@H](CO)[C@H]1O. The van der Waals surface area contributed by atoms with Crippen LogP contribution in [-0.4, -0.2) is 418 Å². The van der Waals surface area contributed by atoms with Crippen LogP contribution in [0.15, 0.2) is 0 Å². The van der Waals surface area contributed by atoms with Gasteiger partial charge < -0.3 is 153 Å². The Bertz CT molecular complexity index is 3140. The Hall–Kier alpha value is -1.89. The molecule has 56 heteroatoms. The molecular weight excluding hydrogens is 1480 g/mol. The summed E-state index contributed by atoms with van der Waals surface area (Å²) in [5.41, 5.74) is 0. The van der Waals surface area contributed by atoms with Crippen LogP contribution in [0.4, 0.5) is 0 Å². The van der Waals surface area contributed by atoms with E-state index >= 15 is 0 Å². The highest BCUT2D eigenvalue weighted by molar-refractivity contribution is 7.81. The molecule has 7 aliphatic rings. The van der Waals surface area contributed by atoms with Gasteiger partial charge in [-0.2, -0.15) is 42.1 Å². The van der Waals surface area contributed by atoms with Crippen LogP contribution < -0.4 is 0 Å². The lowest BCUT2D eigenvalue weighted by Crippen LogP contribution is -2.70. The van der Waals surface area contributed by atoms with Crippen molar-refractivity contribution in [2.24, 2.45) is 0 Å². The van der Waals surface area contributed by atoms with Gasteiger partial charge in [0.15, 0.2) is 44.0 Å². The van der Waals surface area contributed by atoms with E-state index in [2.05, 4.69) is 16.7 Å². The summed E-state index contributed by atoms with van der Waals surface area (Å²) in [6.45, 7) is -9.84. The van der Waals surface area contributed by atoms with Gasteiger partial charge in [-0.3, -0.25) is 22.8 Å². The first-order chi connectivity index (χ1) is 45.4. The minimum atomic E-state index is -6.18. The molecule has 1 unspecified atom stereocenters. The van der Waals surface area contributed by atoms with Crippen molar-refractivity contribution in [1.29, 1.82) is 0 Å². The second-order valence-corrected chi connectivity index (χ2v) is 27.3. The minimum Gasteiger partial charge on any atom is -0.394 e. The Morgan fingerprint density at radius 1 is 0.214 bits per heavy atom. The summed E-state index contributed by atoms with van der Waals surface area (Å²) in [6, 6.07) is 0. The summed E-state index contributed by atoms with van der Waals surface area (Å²) in [7, 11) is -29.4. The van der Waals surface area contributed by atoms with Crippen LogP contribution in [-0.2, 0) is 134 Å². The third-order valence-electron chi connectivity index (χ3n) is 15.6. The molecule has 23 N–H and O–H groups in total. The normalized spacial score (nSPS) is 45.8. The van der Waals surface area contributed by atoms with Gasteiger partial charge in [0.25, 0.3) is 0 Å². The summed E-state index contributed by atoms with van der Waals surface area (Å²) < 4.78 is 267. The highest BCUT2D eigenvalue weighted by Gasteiger charge is 2.62. The monoisotopic (exact) mass is 1550 g/mol. The molecule has 7 fully saturated rings. The summed E-state index contributed by atoms with van der Waals surface area (Å²) >= 11 is 0. The zero-order valence-electron chi connectivity index (χ0n) is 48.9. The molecule has 7 rings (SSSR count). The van der Waals surface area contributed by atoms with Crippen LogP contribution in [0.3, 0.4) is 0 Å². The van der Waals surface area contributed by atoms with E-state index in [1.807, 2.05) is 0 Å². The largest absolute Gasteiger partial charge is 0.397 e. The minimum absolute atomic E-state index is 1.17. The molecule has 0 aromatic rings. The highest BCUT2D eigenvalue weighted by atomic mass is 32.3. The molecule has 7 saturated heterocycles. The number of ether oxygens (including phenoxy) is 13. The highest BCUT2D eigenvalue weighted by Crippen LogP contribution is 2.41. The molecule has 0 radical (unpaired) electrons. The molecular formula is C42H72O51S5. The molecule has 7 aliphatic heterocycles. The molecule has 7 heterocycles. The van der Waals surface area contributed by atoms with Crippen molar-refractivity contribution < 1.29 is 239 Å². The molecule has 35 atom stereocenters.